The third kappa shape index (κ3) is 5.93. The number of ether oxygens (including phenoxy) is 2. The molecule has 0 radical (unpaired) electrons. The number of carbonyl (C=O) groups is 1. The first-order valence-electron chi connectivity index (χ1n) is 8.64. The molecule has 134 valence electrons. The van der Waals surface area contributed by atoms with Crippen molar-refractivity contribution < 1.29 is 14.3 Å². The van der Waals surface area contributed by atoms with Crippen LogP contribution in [0.3, 0.4) is 0 Å². The molecule has 2 aromatic rings. The second-order valence-corrected chi connectivity index (χ2v) is 7.84. The number of benzene rings is 2. The summed E-state index contributed by atoms with van der Waals surface area (Å²) in [4.78, 5) is 11.4. The van der Waals surface area contributed by atoms with Crippen LogP contribution in [0.1, 0.15) is 49.9 Å². The predicted molar refractivity (Wildman–Crippen MR) is 101 cm³/mol. The number of hydrogen-bond acceptors (Lipinski definition) is 3. The van der Waals surface area contributed by atoms with Gasteiger partial charge in [0.1, 0.15) is 11.5 Å². The topological polar surface area (TPSA) is 35.5 Å². The first kappa shape index (κ1) is 19.0. The van der Waals surface area contributed by atoms with Crippen molar-refractivity contribution in [3.8, 4) is 11.5 Å². The molecule has 0 heterocycles. The molecule has 3 nitrogen and oxygen atoms in total. The van der Waals surface area contributed by atoms with Crippen LogP contribution in [0.25, 0.3) is 0 Å². The van der Waals surface area contributed by atoms with E-state index in [1.165, 1.54) is 12.5 Å². The Hall–Kier alpha value is -2.29. The summed E-state index contributed by atoms with van der Waals surface area (Å²) >= 11 is 0. The predicted octanol–water partition coefficient (Wildman–Crippen LogP) is 5.24. The summed E-state index contributed by atoms with van der Waals surface area (Å²) in [6, 6.07) is 12.1. The van der Waals surface area contributed by atoms with E-state index in [1.807, 2.05) is 25.1 Å². The van der Waals surface area contributed by atoms with Crippen molar-refractivity contribution in [2.24, 2.45) is 5.41 Å². The minimum absolute atomic E-state index is 0.0917. The van der Waals surface area contributed by atoms with E-state index in [1.54, 1.807) is 0 Å². The highest BCUT2D eigenvalue weighted by molar-refractivity contribution is 5.70. The molecule has 0 bridgehead atoms. The zero-order chi connectivity index (χ0) is 18.6. The highest BCUT2D eigenvalue weighted by atomic mass is 16.5. The van der Waals surface area contributed by atoms with Gasteiger partial charge in [0.05, 0.1) is 6.61 Å². The molecule has 0 saturated heterocycles. The Morgan fingerprint density at radius 1 is 0.920 bits per heavy atom. The van der Waals surface area contributed by atoms with E-state index in [4.69, 9.17) is 9.47 Å². The van der Waals surface area contributed by atoms with E-state index in [0.717, 1.165) is 22.4 Å². The molecular weight excluding hydrogens is 312 g/mol. The van der Waals surface area contributed by atoms with Crippen LogP contribution >= 0.6 is 0 Å². The average molecular weight is 340 g/mol. The second kappa shape index (κ2) is 7.73. The van der Waals surface area contributed by atoms with Crippen LogP contribution in [0, 0.1) is 19.3 Å². The monoisotopic (exact) mass is 340 g/mol. The molecule has 0 aliphatic heterocycles. The van der Waals surface area contributed by atoms with E-state index < -0.39 is 0 Å². The molecule has 0 saturated carbocycles. The summed E-state index contributed by atoms with van der Waals surface area (Å²) in [6.45, 7) is 12.6. The van der Waals surface area contributed by atoms with Crippen LogP contribution in [-0.4, -0.2) is 12.6 Å². The lowest BCUT2D eigenvalue weighted by Gasteiger charge is -2.21. The first-order chi connectivity index (χ1) is 11.6. The fourth-order valence-electron chi connectivity index (χ4n) is 2.59. The molecule has 0 amide bonds. The molecule has 2 rings (SSSR count). The SMILES string of the molecule is CC(=O)Oc1ccc(C)cc1Cc1cc(C)ccc1OCC(C)(C)C. The zero-order valence-electron chi connectivity index (χ0n) is 16.1. The summed E-state index contributed by atoms with van der Waals surface area (Å²) in [7, 11) is 0. The standard InChI is InChI=1S/C22H28O3/c1-15-7-9-20(24-14-22(4,5)6)18(11-15)13-19-12-16(2)8-10-21(19)25-17(3)23/h7-12H,13-14H2,1-6H3. The Labute approximate surface area is 151 Å². The molecule has 3 heteroatoms. The summed E-state index contributed by atoms with van der Waals surface area (Å²) in [6.07, 6.45) is 0.658. The minimum atomic E-state index is -0.307. The summed E-state index contributed by atoms with van der Waals surface area (Å²) in [5.41, 5.74) is 4.49. The number of carbonyl (C=O) groups excluding carboxylic acids is 1. The molecule has 0 aliphatic carbocycles. The quantitative estimate of drug-likeness (QED) is 0.551. The summed E-state index contributed by atoms with van der Waals surface area (Å²) in [5, 5.41) is 0. The lowest BCUT2D eigenvalue weighted by atomic mass is 9.98. The first-order valence-corrected chi connectivity index (χ1v) is 8.64. The van der Waals surface area contributed by atoms with Crippen molar-refractivity contribution in [1.29, 1.82) is 0 Å². The normalized spacial score (nSPS) is 11.3. The van der Waals surface area contributed by atoms with Gasteiger partial charge in [-0.2, -0.15) is 0 Å². The molecular formula is C22H28O3. The smallest absolute Gasteiger partial charge is 0.308 e. The van der Waals surface area contributed by atoms with Gasteiger partial charge in [0.2, 0.25) is 0 Å². The van der Waals surface area contributed by atoms with Crippen molar-refractivity contribution in [2.45, 2.75) is 48.0 Å². The number of aryl methyl sites for hydroxylation is 2. The van der Waals surface area contributed by atoms with Gasteiger partial charge in [0, 0.05) is 13.3 Å². The Balaban J connectivity index is 2.34. The Morgan fingerprint density at radius 3 is 1.96 bits per heavy atom. The maximum atomic E-state index is 11.4. The number of esters is 1. The van der Waals surface area contributed by atoms with Gasteiger partial charge in [0.15, 0.2) is 0 Å². The maximum Gasteiger partial charge on any atom is 0.308 e. The maximum absolute atomic E-state index is 11.4. The van der Waals surface area contributed by atoms with Crippen LogP contribution in [0.5, 0.6) is 11.5 Å². The zero-order valence-corrected chi connectivity index (χ0v) is 16.1. The van der Waals surface area contributed by atoms with Crippen LogP contribution in [0.2, 0.25) is 0 Å². The molecule has 0 spiro atoms. The minimum Gasteiger partial charge on any atom is -0.493 e. The van der Waals surface area contributed by atoms with Crippen molar-refractivity contribution >= 4 is 5.97 Å². The van der Waals surface area contributed by atoms with Gasteiger partial charge in [-0.3, -0.25) is 4.79 Å². The van der Waals surface area contributed by atoms with Crippen LogP contribution in [-0.2, 0) is 11.2 Å². The Bertz CT molecular complexity index is 754. The Morgan fingerprint density at radius 2 is 1.44 bits per heavy atom. The van der Waals surface area contributed by atoms with Crippen LogP contribution < -0.4 is 9.47 Å². The highest BCUT2D eigenvalue weighted by Crippen LogP contribution is 2.29. The second-order valence-electron chi connectivity index (χ2n) is 7.84. The van der Waals surface area contributed by atoms with Crippen LogP contribution in [0.15, 0.2) is 36.4 Å². The molecule has 2 aromatic carbocycles. The third-order valence-corrected chi connectivity index (χ3v) is 3.73. The van der Waals surface area contributed by atoms with Gasteiger partial charge >= 0.3 is 5.97 Å². The van der Waals surface area contributed by atoms with Crippen molar-refractivity contribution in [1.82, 2.24) is 0 Å². The largest absolute Gasteiger partial charge is 0.493 e. The van der Waals surface area contributed by atoms with Crippen molar-refractivity contribution in [3.05, 3.63) is 58.7 Å². The van der Waals surface area contributed by atoms with E-state index in [2.05, 4.69) is 45.9 Å². The fraction of sp³-hybridized carbons (Fsp3) is 0.409. The molecule has 0 atom stereocenters. The van der Waals surface area contributed by atoms with Crippen LogP contribution in [0.4, 0.5) is 0 Å². The van der Waals surface area contributed by atoms with E-state index in [0.29, 0.717) is 18.8 Å². The molecule has 0 aliphatic rings. The summed E-state index contributed by atoms with van der Waals surface area (Å²) < 4.78 is 11.4. The van der Waals surface area contributed by atoms with Crippen molar-refractivity contribution in [3.63, 3.8) is 0 Å². The van der Waals surface area contributed by atoms with Gasteiger partial charge in [-0.25, -0.2) is 0 Å². The molecule has 0 fully saturated rings. The van der Waals surface area contributed by atoms with Gasteiger partial charge in [-0.05, 0) is 42.5 Å². The molecule has 0 N–H and O–H groups in total. The number of hydrogen-bond donors (Lipinski definition) is 0. The lowest BCUT2D eigenvalue weighted by molar-refractivity contribution is -0.131. The molecule has 0 unspecified atom stereocenters. The van der Waals surface area contributed by atoms with Crippen molar-refractivity contribution in [2.75, 3.05) is 6.61 Å². The molecule has 0 aromatic heterocycles. The third-order valence-electron chi connectivity index (χ3n) is 3.73. The lowest BCUT2D eigenvalue weighted by Crippen LogP contribution is -2.17. The van der Waals surface area contributed by atoms with Gasteiger partial charge < -0.3 is 9.47 Å². The highest BCUT2D eigenvalue weighted by Gasteiger charge is 2.15. The average Bonchev–Trinajstić information content (AvgIpc) is 2.48. The van der Waals surface area contributed by atoms with Gasteiger partial charge in [-0.15, -0.1) is 0 Å². The van der Waals surface area contributed by atoms with E-state index in [-0.39, 0.29) is 11.4 Å². The summed E-state index contributed by atoms with van der Waals surface area (Å²) in [5.74, 6) is 1.19. The fourth-order valence-corrected chi connectivity index (χ4v) is 2.59. The molecule has 25 heavy (non-hydrogen) atoms. The Kier molecular flexibility index (Phi) is 5.89. The van der Waals surface area contributed by atoms with Gasteiger partial charge in [0.25, 0.3) is 0 Å². The number of rotatable bonds is 5. The van der Waals surface area contributed by atoms with E-state index >= 15 is 0 Å². The van der Waals surface area contributed by atoms with Gasteiger partial charge in [-0.1, -0.05) is 56.2 Å². The van der Waals surface area contributed by atoms with E-state index in [9.17, 15) is 4.79 Å².